The maximum Gasteiger partial charge on any atom is 0.255 e. The van der Waals surface area contributed by atoms with E-state index in [1.165, 1.54) is 0 Å². The van der Waals surface area contributed by atoms with Gasteiger partial charge in [0.25, 0.3) is 11.8 Å². The number of aromatic nitrogens is 2. The zero-order valence-electron chi connectivity index (χ0n) is 18.9. The van der Waals surface area contributed by atoms with E-state index < -0.39 is 0 Å². The first-order valence-corrected chi connectivity index (χ1v) is 11.0. The molecular weight excluding hydrogens is 440 g/mol. The van der Waals surface area contributed by atoms with E-state index in [1.54, 1.807) is 43.5 Å². The Morgan fingerprint density at radius 3 is 2.06 bits per heavy atom. The number of carbonyl (C=O) groups excluding carboxylic acids is 2. The second kappa shape index (κ2) is 9.52. The summed E-state index contributed by atoms with van der Waals surface area (Å²) in [6.45, 7) is 0. The number of fused-ring (bicyclic) bond motifs is 1. The summed E-state index contributed by atoms with van der Waals surface area (Å²) >= 11 is 0. The lowest BCUT2D eigenvalue weighted by atomic mass is 10.1. The number of nitrogens with one attached hydrogen (secondary N) is 3. The largest absolute Gasteiger partial charge is 0.497 e. The van der Waals surface area contributed by atoms with Crippen LogP contribution in [0.1, 0.15) is 20.7 Å². The van der Waals surface area contributed by atoms with Crippen LogP contribution in [0.15, 0.2) is 97.1 Å². The minimum atomic E-state index is -0.200. The van der Waals surface area contributed by atoms with Gasteiger partial charge in [0.1, 0.15) is 11.6 Å². The molecule has 0 saturated carbocycles. The smallest absolute Gasteiger partial charge is 0.255 e. The minimum absolute atomic E-state index is 0.169. The Labute approximate surface area is 201 Å². The number of ether oxygens (including phenoxy) is 1. The molecule has 0 fully saturated rings. The summed E-state index contributed by atoms with van der Waals surface area (Å²) in [7, 11) is 1.58. The highest BCUT2D eigenvalue weighted by molar-refractivity contribution is 6.05. The van der Waals surface area contributed by atoms with Crippen LogP contribution in [0.4, 0.5) is 11.4 Å². The first-order chi connectivity index (χ1) is 17.1. The normalized spacial score (nSPS) is 10.7. The van der Waals surface area contributed by atoms with E-state index in [1.807, 2.05) is 60.7 Å². The molecule has 1 heterocycles. The van der Waals surface area contributed by atoms with E-state index in [9.17, 15) is 9.59 Å². The summed E-state index contributed by atoms with van der Waals surface area (Å²) in [5, 5.41) is 5.80. The van der Waals surface area contributed by atoms with Gasteiger partial charge >= 0.3 is 0 Å². The SMILES string of the molecule is COc1ccc(C(=O)Nc2ccc(-c3nc4ccc(NC(=O)c5ccccc5)cc4[nH]3)cc2)cc1. The molecule has 0 aliphatic heterocycles. The first-order valence-electron chi connectivity index (χ1n) is 11.0. The molecule has 5 rings (SSSR count). The lowest BCUT2D eigenvalue weighted by Crippen LogP contribution is -2.11. The Balaban J connectivity index is 1.29. The van der Waals surface area contributed by atoms with Crippen molar-refractivity contribution in [2.75, 3.05) is 17.7 Å². The predicted molar refractivity (Wildman–Crippen MR) is 137 cm³/mol. The maximum atomic E-state index is 12.5. The topological polar surface area (TPSA) is 96.1 Å². The molecule has 2 amide bonds. The van der Waals surface area contributed by atoms with Gasteiger partial charge in [0.15, 0.2) is 0 Å². The number of nitrogens with zero attached hydrogens (tertiary/aromatic N) is 1. The van der Waals surface area contributed by atoms with Crippen molar-refractivity contribution in [1.29, 1.82) is 0 Å². The van der Waals surface area contributed by atoms with Crippen molar-refractivity contribution >= 4 is 34.2 Å². The van der Waals surface area contributed by atoms with Gasteiger partial charge in [-0.2, -0.15) is 0 Å². The van der Waals surface area contributed by atoms with E-state index in [-0.39, 0.29) is 11.8 Å². The number of imidazole rings is 1. The number of hydrogen-bond acceptors (Lipinski definition) is 4. The Bertz CT molecular complexity index is 1490. The number of benzene rings is 4. The van der Waals surface area contributed by atoms with Crippen LogP contribution in [0.3, 0.4) is 0 Å². The van der Waals surface area contributed by atoms with Gasteiger partial charge in [-0.1, -0.05) is 18.2 Å². The molecular formula is C28H22N4O3. The van der Waals surface area contributed by atoms with Crippen molar-refractivity contribution in [3.05, 3.63) is 108 Å². The van der Waals surface area contributed by atoms with Gasteiger partial charge in [0.05, 0.1) is 18.1 Å². The van der Waals surface area contributed by atoms with Crippen LogP contribution in [-0.2, 0) is 0 Å². The fraction of sp³-hybridized carbons (Fsp3) is 0.0357. The molecule has 35 heavy (non-hydrogen) atoms. The van der Waals surface area contributed by atoms with Gasteiger partial charge in [0, 0.05) is 28.1 Å². The molecule has 0 radical (unpaired) electrons. The third-order valence-electron chi connectivity index (χ3n) is 5.54. The number of carbonyl (C=O) groups is 2. The summed E-state index contributed by atoms with van der Waals surface area (Å²) in [6, 6.07) is 29.0. The maximum absolute atomic E-state index is 12.5. The molecule has 0 aliphatic rings. The van der Waals surface area contributed by atoms with Crippen LogP contribution in [0.2, 0.25) is 0 Å². The Morgan fingerprint density at radius 1 is 0.743 bits per heavy atom. The Hall–Kier alpha value is -4.91. The van der Waals surface area contributed by atoms with Crippen molar-refractivity contribution in [3.8, 4) is 17.1 Å². The van der Waals surface area contributed by atoms with Crippen molar-refractivity contribution in [3.63, 3.8) is 0 Å². The molecule has 0 spiro atoms. The summed E-state index contributed by atoms with van der Waals surface area (Å²) in [5.74, 6) is 1.02. The lowest BCUT2D eigenvalue weighted by Gasteiger charge is -2.07. The molecule has 172 valence electrons. The van der Waals surface area contributed by atoms with Crippen molar-refractivity contribution < 1.29 is 14.3 Å². The highest BCUT2D eigenvalue weighted by atomic mass is 16.5. The minimum Gasteiger partial charge on any atom is -0.497 e. The zero-order chi connectivity index (χ0) is 24.2. The highest BCUT2D eigenvalue weighted by Gasteiger charge is 2.10. The van der Waals surface area contributed by atoms with Crippen molar-refractivity contribution in [2.45, 2.75) is 0 Å². The van der Waals surface area contributed by atoms with Gasteiger partial charge in [-0.25, -0.2) is 4.98 Å². The third kappa shape index (κ3) is 4.89. The van der Waals surface area contributed by atoms with Crippen LogP contribution in [0.25, 0.3) is 22.4 Å². The zero-order valence-corrected chi connectivity index (χ0v) is 18.9. The fourth-order valence-corrected chi connectivity index (χ4v) is 3.67. The van der Waals surface area contributed by atoms with E-state index in [4.69, 9.17) is 4.74 Å². The highest BCUT2D eigenvalue weighted by Crippen LogP contribution is 2.25. The van der Waals surface area contributed by atoms with Crippen molar-refractivity contribution in [2.24, 2.45) is 0 Å². The molecule has 4 aromatic carbocycles. The lowest BCUT2D eigenvalue weighted by molar-refractivity contribution is 0.101. The number of amides is 2. The second-order valence-corrected chi connectivity index (χ2v) is 7.90. The van der Waals surface area contributed by atoms with Crippen LogP contribution >= 0.6 is 0 Å². The number of methoxy groups -OCH3 is 1. The number of anilines is 2. The second-order valence-electron chi connectivity index (χ2n) is 7.90. The summed E-state index contributed by atoms with van der Waals surface area (Å²) in [4.78, 5) is 32.9. The molecule has 0 saturated heterocycles. The average Bonchev–Trinajstić information content (AvgIpc) is 3.33. The van der Waals surface area contributed by atoms with Gasteiger partial charge in [-0.3, -0.25) is 9.59 Å². The molecule has 0 unspecified atom stereocenters. The Morgan fingerprint density at radius 2 is 1.37 bits per heavy atom. The van der Waals surface area contributed by atoms with Crippen LogP contribution in [-0.4, -0.2) is 28.9 Å². The molecule has 5 aromatic rings. The number of H-pyrrole nitrogens is 1. The molecule has 7 heteroatoms. The van der Waals surface area contributed by atoms with Gasteiger partial charge < -0.3 is 20.4 Å². The summed E-state index contributed by atoms with van der Waals surface area (Å²) in [6.07, 6.45) is 0. The van der Waals surface area contributed by atoms with Crippen molar-refractivity contribution in [1.82, 2.24) is 9.97 Å². The molecule has 3 N–H and O–H groups in total. The average molecular weight is 463 g/mol. The van der Waals surface area contributed by atoms with Gasteiger partial charge in [0.2, 0.25) is 0 Å². The molecule has 1 aromatic heterocycles. The first kappa shape index (κ1) is 21.9. The van der Waals surface area contributed by atoms with E-state index in [0.29, 0.717) is 34.1 Å². The monoisotopic (exact) mass is 462 g/mol. The summed E-state index contributed by atoms with van der Waals surface area (Å²) < 4.78 is 5.13. The molecule has 0 atom stereocenters. The predicted octanol–water partition coefficient (Wildman–Crippen LogP) is 5.74. The number of rotatable bonds is 6. The Kier molecular flexibility index (Phi) is 5.96. The molecule has 0 aliphatic carbocycles. The van der Waals surface area contributed by atoms with E-state index in [0.717, 1.165) is 16.6 Å². The number of hydrogen-bond donors (Lipinski definition) is 3. The summed E-state index contributed by atoms with van der Waals surface area (Å²) in [5.41, 5.74) is 4.96. The quantitative estimate of drug-likeness (QED) is 0.300. The molecule has 7 nitrogen and oxygen atoms in total. The number of aromatic amines is 1. The van der Waals surface area contributed by atoms with Crippen LogP contribution in [0.5, 0.6) is 5.75 Å². The van der Waals surface area contributed by atoms with Crippen LogP contribution in [0, 0.1) is 0 Å². The molecule has 0 bridgehead atoms. The fourth-order valence-electron chi connectivity index (χ4n) is 3.67. The standard InChI is InChI=1S/C28H22N4O3/c1-35-23-14-9-20(10-15-23)28(34)29-21-11-7-18(8-12-21)26-31-24-16-13-22(17-25(24)32-26)30-27(33)19-5-3-2-4-6-19/h2-17H,1H3,(H,29,34)(H,30,33)(H,31,32). The van der Waals surface area contributed by atoms with Gasteiger partial charge in [-0.15, -0.1) is 0 Å². The van der Waals surface area contributed by atoms with E-state index in [2.05, 4.69) is 20.6 Å². The third-order valence-corrected chi connectivity index (χ3v) is 5.54. The van der Waals surface area contributed by atoms with Crippen LogP contribution < -0.4 is 15.4 Å². The van der Waals surface area contributed by atoms with E-state index >= 15 is 0 Å². The van der Waals surface area contributed by atoms with Gasteiger partial charge in [-0.05, 0) is 78.9 Å².